The summed E-state index contributed by atoms with van der Waals surface area (Å²) in [7, 11) is 1.62. The molecule has 0 radical (unpaired) electrons. The molecule has 4 heteroatoms. The van der Waals surface area contributed by atoms with Crippen LogP contribution in [0.5, 0.6) is 11.5 Å². The van der Waals surface area contributed by atoms with Crippen molar-refractivity contribution in [2.45, 2.75) is 13.5 Å². The summed E-state index contributed by atoms with van der Waals surface area (Å²) in [6.07, 6.45) is 3.40. The molecule has 3 nitrogen and oxygen atoms in total. The molecular weight excluding hydrogens is 420 g/mol. The van der Waals surface area contributed by atoms with Crippen molar-refractivity contribution in [3.63, 3.8) is 0 Å². The number of aryl methyl sites for hydroxylation is 1. The van der Waals surface area contributed by atoms with Gasteiger partial charge in [0.1, 0.15) is 18.1 Å². The lowest BCUT2D eigenvalue weighted by molar-refractivity contribution is 0.104. The molecule has 4 rings (SSSR count). The number of halogens is 1. The lowest BCUT2D eigenvalue weighted by atomic mass is 10.0. The highest BCUT2D eigenvalue weighted by atomic mass is 35.5. The van der Waals surface area contributed by atoms with Gasteiger partial charge < -0.3 is 9.47 Å². The molecule has 4 aromatic carbocycles. The average Bonchev–Trinajstić information content (AvgIpc) is 2.81. The van der Waals surface area contributed by atoms with E-state index in [0.29, 0.717) is 28.7 Å². The van der Waals surface area contributed by atoms with E-state index >= 15 is 0 Å². The van der Waals surface area contributed by atoms with Crippen molar-refractivity contribution in [2.75, 3.05) is 7.11 Å². The fraction of sp³-hybridized carbons (Fsp3) is 0.107. The number of ether oxygens (including phenoxy) is 2. The summed E-state index contributed by atoms with van der Waals surface area (Å²) in [5.74, 6) is 1.29. The third kappa shape index (κ3) is 5.01. The zero-order valence-corrected chi connectivity index (χ0v) is 18.7. The van der Waals surface area contributed by atoms with Crippen molar-refractivity contribution in [2.24, 2.45) is 0 Å². The molecule has 32 heavy (non-hydrogen) atoms. The molecule has 0 atom stereocenters. The topological polar surface area (TPSA) is 35.5 Å². The smallest absolute Gasteiger partial charge is 0.185 e. The Kier molecular flexibility index (Phi) is 6.58. The second-order valence-corrected chi connectivity index (χ2v) is 7.96. The van der Waals surface area contributed by atoms with E-state index in [1.165, 1.54) is 0 Å². The lowest BCUT2D eigenvalue weighted by Crippen LogP contribution is -2.00. The summed E-state index contributed by atoms with van der Waals surface area (Å²) < 4.78 is 11.4. The molecule has 0 heterocycles. The highest BCUT2D eigenvalue weighted by Crippen LogP contribution is 2.28. The van der Waals surface area contributed by atoms with Crippen LogP contribution in [0.4, 0.5) is 0 Å². The Labute approximate surface area is 192 Å². The Morgan fingerprint density at radius 1 is 0.906 bits per heavy atom. The number of rotatable bonds is 7. The fourth-order valence-corrected chi connectivity index (χ4v) is 3.79. The Morgan fingerprint density at radius 3 is 2.47 bits per heavy atom. The van der Waals surface area contributed by atoms with Crippen LogP contribution in [0.25, 0.3) is 16.8 Å². The van der Waals surface area contributed by atoms with Crippen LogP contribution in [0, 0.1) is 6.92 Å². The minimum absolute atomic E-state index is 0.0455. The number of ketones is 1. The first kappa shape index (κ1) is 21.7. The van der Waals surface area contributed by atoms with Gasteiger partial charge in [-0.15, -0.1) is 0 Å². The quantitative estimate of drug-likeness (QED) is 0.223. The molecule has 160 valence electrons. The van der Waals surface area contributed by atoms with Crippen LogP contribution in [0.1, 0.15) is 27.0 Å². The van der Waals surface area contributed by atoms with Crippen molar-refractivity contribution in [1.29, 1.82) is 0 Å². The first-order chi connectivity index (χ1) is 15.5. The molecule has 0 unspecified atom stereocenters. The van der Waals surface area contributed by atoms with Crippen molar-refractivity contribution in [3.8, 4) is 11.5 Å². The first-order valence-electron chi connectivity index (χ1n) is 10.3. The first-order valence-corrected chi connectivity index (χ1v) is 10.7. The van der Waals surface area contributed by atoms with E-state index < -0.39 is 0 Å². The van der Waals surface area contributed by atoms with Crippen LogP contribution in [0.3, 0.4) is 0 Å². The molecule has 0 aliphatic carbocycles. The lowest BCUT2D eigenvalue weighted by Gasteiger charge is -2.12. The van der Waals surface area contributed by atoms with Gasteiger partial charge in [-0.05, 0) is 65.2 Å². The van der Waals surface area contributed by atoms with Gasteiger partial charge in [0, 0.05) is 11.1 Å². The van der Waals surface area contributed by atoms with Gasteiger partial charge in [-0.1, -0.05) is 66.2 Å². The van der Waals surface area contributed by atoms with Gasteiger partial charge in [0.25, 0.3) is 0 Å². The average molecular weight is 443 g/mol. The molecule has 0 fully saturated rings. The number of allylic oxidation sites excluding steroid dienone is 1. The summed E-state index contributed by atoms with van der Waals surface area (Å²) in [4.78, 5) is 12.7. The van der Waals surface area contributed by atoms with Gasteiger partial charge in [0.2, 0.25) is 0 Å². The molecule has 0 aliphatic rings. The minimum Gasteiger partial charge on any atom is -0.496 e. The van der Waals surface area contributed by atoms with Crippen molar-refractivity contribution < 1.29 is 14.3 Å². The number of hydrogen-bond acceptors (Lipinski definition) is 3. The largest absolute Gasteiger partial charge is 0.496 e. The molecular formula is C28H23ClO3. The molecule has 0 bridgehead atoms. The van der Waals surface area contributed by atoms with E-state index in [9.17, 15) is 4.79 Å². The highest BCUT2D eigenvalue weighted by molar-refractivity contribution is 6.32. The monoisotopic (exact) mass is 442 g/mol. The maximum atomic E-state index is 12.7. The molecule has 0 aliphatic heterocycles. The van der Waals surface area contributed by atoms with E-state index in [2.05, 4.69) is 0 Å². The number of fused-ring (bicyclic) bond motifs is 1. The standard InChI is InChI=1S/C28H23ClO3/c1-19-7-13-28(25(29)15-19)32-18-24-16-20(9-14-27(24)31-2)8-12-26(30)23-11-10-21-5-3-4-6-22(21)17-23/h3-17H,18H2,1-2H3/b12-8+. The number of methoxy groups -OCH3 is 1. The predicted molar refractivity (Wildman–Crippen MR) is 131 cm³/mol. The molecule has 0 saturated heterocycles. The van der Waals surface area contributed by atoms with Gasteiger partial charge in [0.15, 0.2) is 5.78 Å². The van der Waals surface area contributed by atoms with E-state index in [-0.39, 0.29) is 5.78 Å². The van der Waals surface area contributed by atoms with E-state index in [0.717, 1.165) is 27.5 Å². The molecule has 0 saturated carbocycles. The maximum Gasteiger partial charge on any atom is 0.185 e. The third-order valence-corrected chi connectivity index (χ3v) is 5.53. The van der Waals surface area contributed by atoms with E-state index in [1.807, 2.05) is 85.8 Å². The second kappa shape index (κ2) is 9.71. The predicted octanol–water partition coefficient (Wildman–Crippen LogP) is 7.29. The van der Waals surface area contributed by atoms with Gasteiger partial charge in [-0.3, -0.25) is 4.79 Å². The van der Waals surface area contributed by atoms with Gasteiger partial charge >= 0.3 is 0 Å². The Hall–Kier alpha value is -3.56. The fourth-order valence-electron chi connectivity index (χ4n) is 3.50. The summed E-state index contributed by atoms with van der Waals surface area (Å²) in [5.41, 5.74) is 3.48. The van der Waals surface area contributed by atoms with E-state index in [4.69, 9.17) is 21.1 Å². The Balaban J connectivity index is 1.51. The van der Waals surface area contributed by atoms with Crippen LogP contribution >= 0.6 is 11.6 Å². The molecule has 0 spiro atoms. The van der Waals surface area contributed by atoms with Crippen LogP contribution in [0.15, 0.2) is 84.9 Å². The molecule has 0 aromatic heterocycles. The highest BCUT2D eigenvalue weighted by Gasteiger charge is 2.08. The summed E-state index contributed by atoms with van der Waals surface area (Å²) >= 11 is 6.27. The molecule has 0 N–H and O–H groups in total. The zero-order valence-electron chi connectivity index (χ0n) is 18.0. The van der Waals surface area contributed by atoms with Crippen LogP contribution < -0.4 is 9.47 Å². The van der Waals surface area contributed by atoms with Crippen molar-refractivity contribution in [1.82, 2.24) is 0 Å². The SMILES string of the molecule is COc1ccc(/C=C/C(=O)c2ccc3ccccc3c2)cc1COc1ccc(C)cc1Cl. The van der Waals surface area contributed by atoms with Gasteiger partial charge in [-0.25, -0.2) is 0 Å². The summed E-state index contributed by atoms with van der Waals surface area (Å²) in [6.45, 7) is 2.28. The van der Waals surface area contributed by atoms with Crippen LogP contribution in [0.2, 0.25) is 5.02 Å². The number of benzene rings is 4. The maximum absolute atomic E-state index is 12.7. The second-order valence-electron chi connectivity index (χ2n) is 7.55. The molecule has 4 aromatic rings. The van der Waals surface area contributed by atoms with Crippen LogP contribution in [-0.2, 0) is 6.61 Å². The Morgan fingerprint density at radius 2 is 1.69 bits per heavy atom. The number of carbonyl (C=O) groups is 1. The summed E-state index contributed by atoms with van der Waals surface area (Å²) in [5, 5.41) is 2.73. The third-order valence-electron chi connectivity index (χ3n) is 5.24. The van der Waals surface area contributed by atoms with E-state index in [1.54, 1.807) is 19.3 Å². The normalized spacial score (nSPS) is 11.1. The van der Waals surface area contributed by atoms with Crippen molar-refractivity contribution >= 4 is 34.2 Å². The van der Waals surface area contributed by atoms with Gasteiger partial charge in [-0.2, -0.15) is 0 Å². The number of carbonyl (C=O) groups excluding carboxylic acids is 1. The van der Waals surface area contributed by atoms with Gasteiger partial charge in [0.05, 0.1) is 12.1 Å². The summed E-state index contributed by atoms with van der Waals surface area (Å²) in [6, 6.07) is 25.1. The Bertz CT molecular complexity index is 1310. The van der Waals surface area contributed by atoms with Crippen LogP contribution in [-0.4, -0.2) is 12.9 Å². The minimum atomic E-state index is -0.0455. The number of hydrogen-bond donors (Lipinski definition) is 0. The van der Waals surface area contributed by atoms with Crippen molar-refractivity contribution in [3.05, 3.63) is 112 Å². The zero-order chi connectivity index (χ0) is 22.5. The molecule has 0 amide bonds.